The van der Waals surface area contributed by atoms with Crippen molar-refractivity contribution in [3.63, 3.8) is 0 Å². The van der Waals surface area contributed by atoms with Crippen LogP contribution in [-0.2, 0) is 4.79 Å². The molecule has 0 saturated carbocycles. The Morgan fingerprint density at radius 3 is 2.64 bits per heavy atom. The molecule has 1 unspecified atom stereocenters. The number of nitrogens with zero attached hydrogens (tertiary/aromatic N) is 1. The van der Waals surface area contributed by atoms with E-state index in [0.29, 0.717) is 18.7 Å². The molecule has 1 aliphatic heterocycles. The molecule has 0 spiro atoms. The van der Waals surface area contributed by atoms with Crippen LogP contribution in [0.2, 0.25) is 0 Å². The number of hydrogen-bond acceptors (Lipinski definition) is 4. The molecule has 1 aromatic heterocycles. The molecule has 6 nitrogen and oxygen atoms in total. The zero-order valence-electron chi connectivity index (χ0n) is 13.2. The summed E-state index contributed by atoms with van der Waals surface area (Å²) < 4.78 is 4.86. The Bertz CT molecular complexity index is 498. The highest BCUT2D eigenvalue weighted by atomic mass is 16.3. The number of aliphatic hydroxyl groups excluding tert-OH is 1. The molecule has 22 heavy (non-hydrogen) atoms. The summed E-state index contributed by atoms with van der Waals surface area (Å²) in [6.07, 6.45) is 5.29. The molecule has 6 heteroatoms. The summed E-state index contributed by atoms with van der Waals surface area (Å²) in [5, 5.41) is 12.2. The molecule has 2 heterocycles. The van der Waals surface area contributed by atoms with Crippen LogP contribution in [0.3, 0.4) is 0 Å². The van der Waals surface area contributed by atoms with Crippen molar-refractivity contribution >= 4 is 11.8 Å². The first-order valence-electron chi connectivity index (χ1n) is 7.74. The summed E-state index contributed by atoms with van der Waals surface area (Å²) >= 11 is 0. The highest BCUT2D eigenvalue weighted by Gasteiger charge is 2.35. The molecule has 0 aromatic carbocycles. The highest BCUT2D eigenvalue weighted by Crippen LogP contribution is 2.34. The van der Waals surface area contributed by atoms with Crippen LogP contribution >= 0.6 is 0 Å². The first-order chi connectivity index (χ1) is 10.5. The molecule has 2 amide bonds. The van der Waals surface area contributed by atoms with Crippen LogP contribution in [-0.4, -0.2) is 47.6 Å². The summed E-state index contributed by atoms with van der Waals surface area (Å²) in [6, 6.07) is 0.982. The van der Waals surface area contributed by atoms with E-state index < -0.39 is 6.04 Å². The van der Waals surface area contributed by atoms with Crippen molar-refractivity contribution in [2.24, 2.45) is 5.41 Å². The largest absolute Gasteiger partial charge is 0.472 e. The summed E-state index contributed by atoms with van der Waals surface area (Å²) in [5.74, 6) is -0.399. The van der Waals surface area contributed by atoms with Crippen molar-refractivity contribution in [1.29, 1.82) is 0 Å². The van der Waals surface area contributed by atoms with Crippen LogP contribution < -0.4 is 5.32 Å². The standard InChI is InChI=1S/C16H24N2O4/c1-3-16(11-19)5-7-18(8-6-16)15(21)12(2)17-14(20)13-4-9-22-10-13/h4,9-10,12,19H,3,5-8,11H2,1-2H3,(H,17,20). The summed E-state index contributed by atoms with van der Waals surface area (Å²) in [4.78, 5) is 26.1. The molecule has 0 bridgehead atoms. The average molecular weight is 308 g/mol. The second kappa shape index (κ2) is 6.96. The normalized spacial score (nSPS) is 18.8. The topological polar surface area (TPSA) is 82.8 Å². The van der Waals surface area contributed by atoms with Gasteiger partial charge in [0.2, 0.25) is 5.91 Å². The van der Waals surface area contributed by atoms with Gasteiger partial charge in [-0.3, -0.25) is 9.59 Å². The predicted octanol–water partition coefficient (Wildman–Crippen LogP) is 1.41. The third-order valence-electron chi connectivity index (χ3n) is 4.72. The fraction of sp³-hybridized carbons (Fsp3) is 0.625. The van der Waals surface area contributed by atoms with Crippen LogP contribution in [0, 0.1) is 5.41 Å². The lowest BCUT2D eigenvalue weighted by Crippen LogP contribution is -2.51. The number of rotatable bonds is 5. The van der Waals surface area contributed by atoms with Gasteiger partial charge < -0.3 is 19.7 Å². The van der Waals surface area contributed by atoms with E-state index in [-0.39, 0.29) is 23.8 Å². The van der Waals surface area contributed by atoms with Crippen molar-refractivity contribution in [3.05, 3.63) is 24.2 Å². The first kappa shape index (κ1) is 16.5. The Morgan fingerprint density at radius 1 is 1.45 bits per heavy atom. The van der Waals surface area contributed by atoms with Crippen LogP contribution in [0.25, 0.3) is 0 Å². The molecule has 122 valence electrons. The van der Waals surface area contributed by atoms with Gasteiger partial charge in [0.25, 0.3) is 5.91 Å². The van der Waals surface area contributed by atoms with E-state index in [1.54, 1.807) is 17.9 Å². The minimum atomic E-state index is -0.578. The second-order valence-corrected chi connectivity index (χ2v) is 6.04. The Kier molecular flexibility index (Phi) is 5.24. The van der Waals surface area contributed by atoms with Crippen molar-refractivity contribution in [1.82, 2.24) is 10.2 Å². The third kappa shape index (κ3) is 3.50. The van der Waals surface area contributed by atoms with Gasteiger partial charge in [0, 0.05) is 19.7 Å². The lowest BCUT2D eigenvalue weighted by molar-refractivity contribution is -0.135. The molecule has 2 N–H and O–H groups in total. The smallest absolute Gasteiger partial charge is 0.255 e. The van der Waals surface area contributed by atoms with Crippen LogP contribution in [0.4, 0.5) is 0 Å². The van der Waals surface area contributed by atoms with E-state index in [0.717, 1.165) is 19.3 Å². The number of piperidine rings is 1. The van der Waals surface area contributed by atoms with E-state index in [9.17, 15) is 14.7 Å². The van der Waals surface area contributed by atoms with Gasteiger partial charge in [0.15, 0.2) is 0 Å². The zero-order valence-corrected chi connectivity index (χ0v) is 13.2. The van der Waals surface area contributed by atoms with Gasteiger partial charge in [0.1, 0.15) is 12.3 Å². The fourth-order valence-electron chi connectivity index (χ4n) is 2.83. The molecular weight excluding hydrogens is 284 g/mol. The lowest BCUT2D eigenvalue weighted by Gasteiger charge is -2.41. The lowest BCUT2D eigenvalue weighted by atomic mass is 9.77. The van der Waals surface area contributed by atoms with E-state index >= 15 is 0 Å². The SMILES string of the molecule is CCC1(CO)CCN(C(=O)C(C)NC(=O)c2ccoc2)CC1. The zero-order chi connectivity index (χ0) is 16.2. The van der Waals surface area contributed by atoms with Gasteiger partial charge in [-0.15, -0.1) is 0 Å². The maximum absolute atomic E-state index is 12.4. The molecule has 1 aliphatic rings. The van der Waals surface area contributed by atoms with Crippen LogP contribution in [0.5, 0.6) is 0 Å². The summed E-state index contributed by atoms with van der Waals surface area (Å²) in [6.45, 7) is 5.17. The number of likely N-dealkylation sites (tertiary alicyclic amines) is 1. The molecule has 1 aromatic rings. The Morgan fingerprint density at radius 2 is 2.14 bits per heavy atom. The van der Waals surface area contributed by atoms with E-state index in [4.69, 9.17) is 4.42 Å². The van der Waals surface area contributed by atoms with E-state index in [1.807, 2.05) is 0 Å². The van der Waals surface area contributed by atoms with Crippen LogP contribution in [0.1, 0.15) is 43.5 Å². The number of carbonyl (C=O) groups is 2. The number of amides is 2. The number of aliphatic hydroxyl groups is 1. The third-order valence-corrected chi connectivity index (χ3v) is 4.72. The molecule has 0 aliphatic carbocycles. The molecule has 1 saturated heterocycles. The average Bonchev–Trinajstić information content (AvgIpc) is 3.08. The summed E-state index contributed by atoms with van der Waals surface area (Å²) in [7, 11) is 0. The van der Waals surface area contributed by atoms with E-state index in [2.05, 4.69) is 12.2 Å². The Balaban J connectivity index is 1.88. The molecular formula is C16H24N2O4. The predicted molar refractivity (Wildman–Crippen MR) is 81.3 cm³/mol. The number of carbonyl (C=O) groups excluding carboxylic acids is 2. The second-order valence-electron chi connectivity index (χ2n) is 6.04. The highest BCUT2D eigenvalue weighted by molar-refractivity contribution is 5.97. The molecule has 0 radical (unpaired) electrons. The van der Waals surface area contributed by atoms with Gasteiger partial charge in [-0.2, -0.15) is 0 Å². The van der Waals surface area contributed by atoms with Gasteiger partial charge in [-0.1, -0.05) is 6.92 Å². The number of furan rings is 1. The number of nitrogens with one attached hydrogen (secondary N) is 1. The minimum Gasteiger partial charge on any atom is -0.472 e. The van der Waals surface area contributed by atoms with Gasteiger partial charge in [0.05, 0.1) is 11.8 Å². The monoisotopic (exact) mass is 308 g/mol. The van der Waals surface area contributed by atoms with Crippen LogP contribution in [0.15, 0.2) is 23.0 Å². The maximum Gasteiger partial charge on any atom is 0.255 e. The minimum absolute atomic E-state index is 0.0555. The first-order valence-corrected chi connectivity index (χ1v) is 7.74. The van der Waals surface area contributed by atoms with Gasteiger partial charge in [-0.05, 0) is 37.7 Å². The molecule has 1 atom stereocenters. The van der Waals surface area contributed by atoms with Crippen molar-refractivity contribution in [2.45, 2.75) is 39.2 Å². The maximum atomic E-state index is 12.4. The number of hydrogen-bond donors (Lipinski definition) is 2. The van der Waals surface area contributed by atoms with Gasteiger partial charge >= 0.3 is 0 Å². The van der Waals surface area contributed by atoms with Crippen molar-refractivity contribution in [2.75, 3.05) is 19.7 Å². The van der Waals surface area contributed by atoms with E-state index in [1.165, 1.54) is 12.5 Å². The van der Waals surface area contributed by atoms with Gasteiger partial charge in [-0.25, -0.2) is 0 Å². The molecule has 1 fully saturated rings. The Labute approximate surface area is 130 Å². The van der Waals surface area contributed by atoms with Crippen molar-refractivity contribution < 1.29 is 19.1 Å². The quantitative estimate of drug-likeness (QED) is 0.861. The molecule has 2 rings (SSSR count). The fourth-order valence-corrected chi connectivity index (χ4v) is 2.83. The Hall–Kier alpha value is -1.82. The van der Waals surface area contributed by atoms with Crippen molar-refractivity contribution in [3.8, 4) is 0 Å². The summed E-state index contributed by atoms with van der Waals surface area (Å²) in [5.41, 5.74) is 0.351.